The van der Waals surface area contributed by atoms with Crippen LogP contribution < -0.4 is 0 Å². The predicted molar refractivity (Wildman–Crippen MR) is 132 cm³/mol. The topological polar surface area (TPSA) is 63.6 Å². The standard InChI is InChI=1S/C28H38O4S/c1-6-27(5)15-22(32-23(30)16-33-20-9-7-17(2)8-10-20)24-18(3)11-13-28(19(4)26(27)31)14-12-21(29)25(24)28/h6-10,18-19,22,24-26,31H,1,11-16H2,2-5H3/t18?,19-,22+,24?,25?,26-,27+,28?/m0/s1. The summed E-state index contributed by atoms with van der Waals surface area (Å²) >= 11 is 1.47. The lowest BCUT2D eigenvalue weighted by Gasteiger charge is -2.57. The second-order valence-corrected chi connectivity index (χ2v) is 12.1. The third-order valence-electron chi connectivity index (χ3n) is 9.16. The van der Waals surface area contributed by atoms with E-state index in [1.165, 1.54) is 17.3 Å². The first-order chi connectivity index (χ1) is 15.6. The molecule has 0 spiro atoms. The van der Waals surface area contributed by atoms with Crippen molar-refractivity contribution in [1.82, 2.24) is 0 Å². The number of aryl methyl sites for hydroxylation is 1. The van der Waals surface area contributed by atoms with Gasteiger partial charge >= 0.3 is 5.97 Å². The van der Waals surface area contributed by atoms with Crippen molar-refractivity contribution >= 4 is 23.5 Å². The SMILES string of the molecule is C=C[C@]1(C)C[C@@H](OC(=O)CSc2ccc(C)cc2)C2C(C)CCC3(CCC(=O)C23)[C@@H](C)[C@@H]1O. The van der Waals surface area contributed by atoms with Crippen molar-refractivity contribution in [2.45, 2.75) is 76.9 Å². The summed E-state index contributed by atoms with van der Waals surface area (Å²) in [5, 5.41) is 11.5. The Morgan fingerprint density at radius 3 is 2.64 bits per heavy atom. The molecule has 0 aromatic heterocycles. The second kappa shape index (κ2) is 9.22. The lowest BCUT2D eigenvalue weighted by molar-refractivity contribution is -0.179. The molecule has 0 saturated heterocycles. The van der Waals surface area contributed by atoms with E-state index in [0.717, 1.165) is 24.2 Å². The Bertz CT molecular complexity index is 911. The highest BCUT2D eigenvalue weighted by Crippen LogP contribution is 2.63. The van der Waals surface area contributed by atoms with Gasteiger partial charge in [0.15, 0.2) is 0 Å². The van der Waals surface area contributed by atoms with Crippen LogP contribution in [0, 0.1) is 41.4 Å². The van der Waals surface area contributed by atoms with Gasteiger partial charge < -0.3 is 9.84 Å². The molecule has 3 fully saturated rings. The van der Waals surface area contributed by atoms with Crippen LogP contribution >= 0.6 is 11.8 Å². The molecule has 33 heavy (non-hydrogen) atoms. The number of esters is 1. The summed E-state index contributed by atoms with van der Waals surface area (Å²) in [5.41, 5.74) is 0.400. The highest BCUT2D eigenvalue weighted by molar-refractivity contribution is 8.00. The van der Waals surface area contributed by atoms with Crippen LogP contribution in [0.4, 0.5) is 0 Å². The lowest BCUT2D eigenvalue weighted by Crippen LogP contribution is -2.58. The van der Waals surface area contributed by atoms with E-state index in [9.17, 15) is 14.7 Å². The van der Waals surface area contributed by atoms with Gasteiger partial charge in [-0.1, -0.05) is 44.5 Å². The minimum Gasteiger partial charge on any atom is -0.461 e. The Morgan fingerprint density at radius 2 is 1.97 bits per heavy atom. The summed E-state index contributed by atoms with van der Waals surface area (Å²) in [7, 11) is 0. The van der Waals surface area contributed by atoms with Gasteiger partial charge in [0.05, 0.1) is 11.9 Å². The zero-order chi connectivity index (χ0) is 24.0. The highest BCUT2D eigenvalue weighted by atomic mass is 32.2. The first kappa shape index (κ1) is 24.5. The Kier molecular flexibility index (Phi) is 6.85. The van der Waals surface area contributed by atoms with Crippen LogP contribution in [-0.4, -0.2) is 34.8 Å². The van der Waals surface area contributed by atoms with Crippen molar-refractivity contribution in [3.63, 3.8) is 0 Å². The van der Waals surface area contributed by atoms with Gasteiger partial charge in [0, 0.05) is 28.6 Å². The Balaban J connectivity index is 1.62. The van der Waals surface area contributed by atoms with Crippen LogP contribution in [0.1, 0.15) is 58.4 Å². The number of ether oxygens (including phenoxy) is 1. The van der Waals surface area contributed by atoms with Crippen molar-refractivity contribution in [3.05, 3.63) is 42.5 Å². The average molecular weight is 471 g/mol. The molecule has 3 saturated carbocycles. The molecule has 2 bridgehead atoms. The van der Waals surface area contributed by atoms with Crippen molar-refractivity contribution in [2.75, 3.05) is 5.75 Å². The van der Waals surface area contributed by atoms with E-state index in [4.69, 9.17) is 4.74 Å². The molecule has 0 amide bonds. The van der Waals surface area contributed by atoms with Crippen LogP contribution in [0.3, 0.4) is 0 Å². The molecular weight excluding hydrogens is 432 g/mol. The number of hydrogen-bond acceptors (Lipinski definition) is 5. The third kappa shape index (κ3) is 4.32. The summed E-state index contributed by atoms with van der Waals surface area (Å²) in [6.07, 6.45) is 4.67. The molecule has 3 aliphatic carbocycles. The van der Waals surface area contributed by atoms with Crippen molar-refractivity contribution in [1.29, 1.82) is 0 Å². The first-order valence-electron chi connectivity index (χ1n) is 12.3. The molecule has 4 unspecified atom stereocenters. The van der Waals surface area contributed by atoms with Gasteiger partial charge in [0.1, 0.15) is 11.9 Å². The summed E-state index contributed by atoms with van der Waals surface area (Å²) in [6.45, 7) is 12.4. The van der Waals surface area contributed by atoms with Crippen LogP contribution in [0.25, 0.3) is 0 Å². The van der Waals surface area contributed by atoms with E-state index in [2.05, 4.69) is 20.4 Å². The number of carbonyl (C=O) groups is 2. The number of Topliss-reactive ketones (excluding diaryl/α,β-unsaturated/α-hetero) is 1. The number of ketones is 1. The molecule has 5 heteroatoms. The van der Waals surface area contributed by atoms with Crippen LogP contribution in [0.15, 0.2) is 41.8 Å². The van der Waals surface area contributed by atoms with E-state index in [0.29, 0.717) is 24.5 Å². The maximum Gasteiger partial charge on any atom is 0.316 e. The number of thioether (sulfide) groups is 1. The van der Waals surface area contributed by atoms with Crippen molar-refractivity contribution < 1.29 is 19.4 Å². The molecule has 3 aliphatic rings. The van der Waals surface area contributed by atoms with Crippen LogP contribution in [0.5, 0.6) is 0 Å². The summed E-state index contributed by atoms with van der Waals surface area (Å²) in [6, 6.07) is 8.11. The zero-order valence-corrected chi connectivity index (χ0v) is 21.2. The monoisotopic (exact) mass is 470 g/mol. The van der Waals surface area contributed by atoms with E-state index in [-0.39, 0.29) is 34.9 Å². The maximum absolute atomic E-state index is 13.2. The molecule has 8 atom stereocenters. The second-order valence-electron chi connectivity index (χ2n) is 11.0. The van der Waals surface area contributed by atoms with Crippen molar-refractivity contribution in [2.24, 2.45) is 34.5 Å². The fourth-order valence-electron chi connectivity index (χ4n) is 7.08. The van der Waals surface area contributed by atoms with Crippen LogP contribution in [0.2, 0.25) is 0 Å². The van der Waals surface area contributed by atoms with Gasteiger partial charge in [-0.3, -0.25) is 9.59 Å². The van der Waals surface area contributed by atoms with Crippen molar-refractivity contribution in [3.8, 4) is 0 Å². The lowest BCUT2D eigenvalue weighted by atomic mass is 9.49. The minimum atomic E-state index is -0.624. The Hall–Kier alpha value is -1.59. The van der Waals surface area contributed by atoms with Crippen LogP contribution in [-0.2, 0) is 14.3 Å². The molecule has 0 heterocycles. The number of aliphatic hydroxyl groups is 1. The van der Waals surface area contributed by atoms with Gasteiger partial charge in [0.25, 0.3) is 0 Å². The van der Waals surface area contributed by atoms with E-state index in [1.807, 2.05) is 44.2 Å². The average Bonchev–Trinajstić information content (AvgIpc) is 3.14. The maximum atomic E-state index is 13.2. The molecular formula is C28H38O4S. The van der Waals surface area contributed by atoms with Gasteiger partial charge in [-0.15, -0.1) is 18.3 Å². The smallest absolute Gasteiger partial charge is 0.316 e. The number of hydrogen-bond donors (Lipinski definition) is 1. The van der Waals surface area contributed by atoms with Gasteiger partial charge in [0.2, 0.25) is 0 Å². The molecule has 1 aromatic carbocycles. The minimum absolute atomic E-state index is 0.000643. The van der Waals surface area contributed by atoms with Gasteiger partial charge in [-0.05, 0) is 62.0 Å². The summed E-state index contributed by atoms with van der Waals surface area (Å²) < 4.78 is 6.19. The zero-order valence-electron chi connectivity index (χ0n) is 20.4. The Labute approximate surface area is 202 Å². The predicted octanol–water partition coefficient (Wildman–Crippen LogP) is 5.60. The quantitative estimate of drug-likeness (QED) is 0.345. The molecule has 4 rings (SSSR count). The van der Waals surface area contributed by atoms with E-state index in [1.54, 1.807) is 0 Å². The fourth-order valence-corrected chi connectivity index (χ4v) is 7.76. The van der Waals surface area contributed by atoms with Gasteiger partial charge in [-0.25, -0.2) is 0 Å². The molecule has 0 aliphatic heterocycles. The third-order valence-corrected chi connectivity index (χ3v) is 10.1. The van der Waals surface area contributed by atoms with Gasteiger partial charge in [-0.2, -0.15) is 0 Å². The number of benzene rings is 1. The fraction of sp³-hybridized carbons (Fsp3) is 0.643. The molecule has 180 valence electrons. The number of rotatable bonds is 5. The number of aliphatic hydroxyl groups excluding tert-OH is 1. The molecule has 0 radical (unpaired) electrons. The van der Waals surface area contributed by atoms with E-state index < -0.39 is 17.6 Å². The number of carbonyl (C=O) groups excluding carboxylic acids is 2. The molecule has 4 nitrogen and oxygen atoms in total. The molecule has 1 N–H and O–H groups in total. The largest absolute Gasteiger partial charge is 0.461 e. The first-order valence-corrected chi connectivity index (χ1v) is 13.3. The molecule has 1 aromatic rings. The highest BCUT2D eigenvalue weighted by Gasteiger charge is 2.63. The summed E-state index contributed by atoms with van der Waals surface area (Å²) in [5.74, 6) is 0.426. The van der Waals surface area contributed by atoms with E-state index >= 15 is 0 Å². The normalized spacial score (nSPS) is 40.5. The summed E-state index contributed by atoms with van der Waals surface area (Å²) in [4.78, 5) is 27.3. The Morgan fingerprint density at radius 1 is 1.27 bits per heavy atom.